The molecular weight excluding hydrogens is 308 g/mol. The van der Waals surface area contributed by atoms with Crippen LogP contribution in [-0.4, -0.2) is 48.5 Å². The first-order valence-electron chi connectivity index (χ1n) is 6.60. The highest BCUT2D eigenvalue weighted by Crippen LogP contribution is 2.25. The lowest BCUT2D eigenvalue weighted by Crippen LogP contribution is -2.50. The molecular formula is C14H21BrN2O2. The highest BCUT2D eigenvalue weighted by molar-refractivity contribution is 9.10. The Labute approximate surface area is 122 Å². The lowest BCUT2D eigenvalue weighted by Gasteiger charge is -2.40. The summed E-state index contributed by atoms with van der Waals surface area (Å²) in [5.74, 6) is 0. The van der Waals surface area contributed by atoms with Gasteiger partial charge in [-0.3, -0.25) is 4.90 Å². The molecule has 5 heteroatoms. The Morgan fingerprint density at radius 2 is 2.11 bits per heavy atom. The fourth-order valence-corrected chi connectivity index (χ4v) is 2.88. The van der Waals surface area contributed by atoms with Crippen LogP contribution in [0.15, 0.2) is 28.7 Å². The van der Waals surface area contributed by atoms with E-state index in [0.29, 0.717) is 6.54 Å². The summed E-state index contributed by atoms with van der Waals surface area (Å²) in [5.41, 5.74) is 7.15. The molecule has 0 amide bonds. The van der Waals surface area contributed by atoms with Crippen molar-refractivity contribution in [3.63, 3.8) is 0 Å². The molecule has 1 aliphatic heterocycles. The second-order valence-electron chi connectivity index (χ2n) is 5.01. The first kappa shape index (κ1) is 14.9. The number of aliphatic hydroxyl groups is 1. The Morgan fingerprint density at radius 3 is 2.68 bits per heavy atom. The van der Waals surface area contributed by atoms with Crippen molar-refractivity contribution in [1.29, 1.82) is 0 Å². The molecule has 1 aliphatic rings. The van der Waals surface area contributed by atoms with Crippen LogP contribution in [0.3, 0.4) is 0 Å². The Bertz CT molecular complexity index is 399. The second kappa shape index (κ2) is 6.81. The standard InChI is InChI=1S/C14H21BrN2O2/c1-10-7-17(8-13(9-18)19-10)14(6-16)11-2-4-12(15)5-3-11/h2-5,10,13-14,18H,6-9,16H2,1H3. The topological polar surface area (TPSA) is 58.7 Å². The number of hydrogen-bond acceptors (Lipinski definition) is 4. The van der Waals surface area contributed by atoms with E-state index >= 15 is 0 Å². The summed E-state index contributed by atoms with van der Waals surface area (Å²) < 4.78 is 6.74. The highest BCUT2D eigenvalue weighted by Gasteiger charge is 2.29. The molecule has 3 atom stereocenters. The third-order valence-corrected chi connectivity index (χ3v) is 4.01. The molecule has 4 nitrogen and oxygen atoms in total. The third kappa shape index (κ3) is 3.77. The number of nitrogens with two attached hydrogens (primary N) is 1. The van der Waals surface area contributed by atoms with Gasteiger partial charge in [0.2, 0.25) is 0 Å². The van der Waals surface area contributed by atoms with E-state index in [1.165, 1.54) is 5.56 Å². The van der Waals surface area contributed by atoms with Crippen LogP contribution in [0, 0.1) is 0 Å². The molecule has 1 fully saturated rings. The third-order valence-electron chi connectivity index (χ3n) is 3.48. The molecule has 0 saturated carbocycles. The number of halogens is 1. The molecule has 0 aromatic heterocycles. The van der Waals surface area contributed by atoms with Crippen molar-refractivity contribution in [2.24, 2.45) is 5.73 Å². The van der Waals surface area contributed by atoms with Crippen molar-refractivity contribution in [3.05, 3.63) is 34.3 Å². The molecule has 1 heterocycles. The molecule has 1 aromatic rings. The van der Waals surface area contributed by atoms with Gasteiger partial charge >= 0.3 is 0 Å². The first-order chi connectivity index (χ1) is 9.13. The van der Waals surface area contributed by atoms with Gasteiger partial charge in [-0.2, -0.15) is 0 Å². The zero-order valence-electron chi connectivity index (χ0n) is 11.1. The molecule has 0 aliphatic carbocycles. The van der Waals surface area contributed by atoms with Gasteiger partial charge in [-0.05, 0) is 24.6 Å². The van der Waals surface area contributed by atoms with E-state index in [-0.39, 0.29) is 24.9 Å². The van der Waals surface area contributed by atoms with Crippen LogP contribution in [-0.2, 0) is 4.74 Å². The first-order valence-corrected chi connectivity index (χ1v) is 7.39. The van der Waals surface area contributed by atoms with E-state index in [2.05, 4.69) is 33.0 Å². The van der Waals surface area contributed by atoms with Crippen LogP contribution in [0.4, 0.5) is 0 Å². The van der Waals surface area contributed by atoms with Gasteiger partial charge in [-0.1, -0.05) is 28.1 Å². The molecule has 3 unspecified atom stereocenters. The van der Waals surface area contributed by atoms with Gasteiger partial charge < -0.3 is 15.6 Å². The van der Waals surface area contributed by atoms with Crippen LogP contribution in [0.25, 0.3) is 0 Å². The van der Waals surface area contributed by atoms with Crippen molar-refractivity contribution in [1.82, 2.24) is 4.90 Å². The smallest absolute Gasteiger partial charge is 0.0936 e. The molecule has 0 bridgehead atoms. The maximum Gasteiger partial charge on any atom is 0.0936 e. The summed E-state index contributed by atoms with van der Waals surface area (Å²) in [6.45, 7) is 4.21. The van der Waals surface area contributed by atoms with E-state index in [9.17, 15) is 5.11 Å². The minimum absolute atomic E-state index is 0.0540. The highest BCUT2D eigenvalue weighted by atomic mass is 79.9. The predicted octanol–water partition coefficient (Wildman–Crippen LogP) is 1.53. The summed E-state index contributed by atoms with van der Waals surface area (Å²) in [4.78, 5) is 2.30. The number of benzene rings is 1. The number of morpholine rings is 1. The Morgan fingerprint density at radius 1 is 1.42 bits per heavy atom. The van der Waals surface area contributed by atoms with E-state index in [0.717, 1.165) is 17.6 Å². The monoisotopic (exact) mass is 328 g/mol. The van der Waals surface area contributed by atoms with E-state index in [1.807, 2.05) is 19.1 Å². The molecule has 1 saturated heterocycles. The van der Waals surface area contributed by atoms with Gasteiger partial charge in [-0.15, -0.1) is 0 Å². The van der Waals surface area contributed by atoms with Crippen molar-refractivity contribution < 1.29 is 9.84 Å². The zero-order chi connectivity index (χ0) is 13.8. The van der Waals surface area contributed by atoms with Crippen molar-refractivity contribution in [2.75, 3.05) is 26.2 Å². The summed E-state index contributed by atoms with van der Waals surface area (Å²) in [6.07, 6.45) is 0.00338. The SMILES string of the molecule is CC1CN(C(CN)c2ccc(Br)cc2)CC(CO)O1. The van der Waals surface area contributed by atoms with Crippen molar-refractivity contribution in [2.45, 2.75) is 25.2 Å². The lowest BCUT2D eigenvalue weighted by molar-refractivity contribution is -0.105. The minimum atomic E-state index is -0.117. The van der Waals surface area contributed by atoms with Crippen LogP contribution >= 0.6 is 15.9 Å². The number of rotatable bonds is 4. The van der Waals surface area contributed by atoms with Gasteiger partial charge in [0.15, 0.2) is 0 Å². The quantitative estimate of drug-likeness (QED) is 0.880. The van der Waals surface area contributed by atoms with Gasteiger partial charge in [0.1, 0.15) is 0 Å². The Kier molecular flexibility index (Phi) is 5.36. The summed E-state index contributed by atoms with van der Waals surface area (Å²) in [7, 11) is 0. The Balaban J connectivity index is 2.14. The van der Waals surface area contributed by atoms with Gasteiger partial charge in [0.25, 0.3) is 0 Å². The Hall–Kier alpha value is -0.460. The van der Waals surface area contributed by atoms with Crippen LogP contribution in [0.1, 0.15) is 18.5 Å². The second-order valence-corrected chi connectivity index (χ2v) is 5.92. The maximum absolute atomic E-state index is 9.30. The minimum Gasteiger partial charge on any atom is -0.394 e. The van der Waals surface area contributed by atoms with Crippen molar-refractivity contribution in [3.8, 4) is 0 Å². The zero-order valence-corrected chi connectivity index (χ0v) is 12.7. The summed E-state index contributed by atoms with van der Waals surface area (Å²) in [5, 5.41) is 9.30. The van der Waals surface area contributed by atoms with Gasteiger partial charge in [0.05, 0.1) is 18.8 Å². The van der Waals surface area contributed by atoms with Crippen LogP contribution < -0.4 is 5.73 Å². The van der Waals surface area contributed by atoms with Crippen molar-refractivity contribution >= 4 is 15.9 Å². The molecule has 0 radical (unpaired) electrons. The molecule has 3 N–H and O–H groups in total. The molecule has 2 rings (SSSR count). The number of aliphatic hydroxyl groups excluding tert-OH is 1. The summed E-state index contributed by atoms with van der Waals surface area (Å²) >= 11 is 3.44. The summed E-state index contributed by atoms with van der Waals surface area (Å²) in [6, 6.07) is 8.43. The van der Waals surface area contributed by atoms with E-state index < -0.39 is 0 Å². The lowest BCUT2D eigenvalue weighted by atomic mass is 10.0. The molecule has 106 valence electrons. The molecule has 0 spiro atoms. The van der Waals surface area contributed by atoms with E-state index in [4.69, 9.17) is 10.5 Å². The number of hydrogen-bond donors (Lipinski definition) is 2. The predicted molar refractivity (Wildman–Crippen MR) is 78.9 cm³/mol. The van der Waals surface area contributed by atoms with E-state index in [1.54, 1.807) is 0 Å². The fraction of sp³-hybridized carbons (Fsp3) is 0.571. The largest absolute Gasteiger partial charge is 0.394 e. The average molecular weight is 329 g/mol. The number of nitrogens with zero attached hydrogens (tertiary/aromatic N) is 1. The average Bonchev–Trinajstić information content (AvgIpc) is 2.41. The van der Waals surface area contributed by atoms with Crippen LogP contribution in [0.5, 0.6) is 0 Å². The molecule has 1 aromatic carbocycles. The maximum atomic E-state index is 9.30. The molecule has 19 heavy (non-hydrogen) atoms. The van der Waals surface area contributed by atoms with Crippen LogP contribution in [0.2, 0.25) is 0 Å². The van der Waals surface area contributed by atoms with Gasteiger partial charge in [-0.25, -0.2) is 0 Å². The fourth-order valence-electron chi connectivity index (χ4n) is 2.62. The number of ether oxygens (including phenoxy) is 1. The normalized spacial score (nSPS) is 26.3. The van der Waals surface area contributed by atoms with Gasteiger partial charge in [0, 0.05) is 30.1 Å².